The number of thiophene rings is 12. The van der Waals surface area contributed by atoms with E-state index in [2.05, 4.69) is 223 Å². The summed E-state index contributed by atoms with van der Waals surface area (Å²) in [6.07, 6.45) is 9.02. The van der Waals surface area contributed by atoms with Crippen molar-refractivity contribution in [3.05, 3.63) is 211 Å². The van der Waals surface area contributed by atoms with Gasteiger partial charge in [-0.05, 0) is 164 Å². The minimum absolute atomic E-state index is 0.895. The van der Waals surface area contributed by atoms with Crippen LogP contribution in [0.2, 0.25) is 0 Å². The van der Waals surface area contributed by atoms with Crippen LogP contribution in [0.4, 0.5) is 0 Å². The van der Waals surface area contributed by atoms with Crippen LogP contribution < -0.4 is 0 Å². The summed E-state index contributed by atoms with van der Waals surface area (Å²) >= 11 is 21.7. The molecule has 84 heavy (non-hydrogen) atoms. The molecule has 0 fully saturated rings. The first-order valence-electron chi connectivity index (χ1n) is 26.6. The summed E-state index contributed by atoms with van der Waals surface area (Å²) in [4.78, 5) is 39.9. The van der Waals surface area contributed by atoms with E-state index in [1.165, 1.54) is 78.0 Å². The van der Waals surface area contributed by atoms with Gasteiger partial charge in [-0.25, -0.2) is 9.97 Å². The number of nitrogens with zero attached hydrogens (tertiary/aromatic N) is 2. The van der Waals surface area contributed by atoms with E-state index < -0.39 is 0 Å². The Labute approximate surface area is 530 Å². The van der Waals surface area contributed by atoms with Crippen LogP contribution in [-0.4, -0.2) is 19.9 Å². The Kier molecular flexibility index (Phi) is 13.2. The highest BCUT2D eigenvalue weighted by Crippen LogP contribution is 2.54. The summed E-state index contributed by atoms with van der Waals surface area (Å²) in [5.41, 5.74) is 16.3. The van der Waals surface area contributed by atoms with Gasteiger partial charge < -0.3 is 9.97 Å². The molecule has 0 aliphatic carbocycles. The molecule has 0 saturated heterocycles. The zero-order chi connectivity index (χ0) is 55.2. The summed E-state index contributed by atoms with van der Waals surface area (Å²) in [7, 11) is 0. The second kappa shape index (κ2) is 21.5. The van der Waals surface area contributed by atoms with E-state index in [9.17, 15) is 0 Å². The third-order valence-corrected chi connectivity index (χ3v) is 27.8. The number of rotatable bonds is 12. The van der Waals surface area contributed by atoms with Gasteiger partial charge in [-0.1, -0.05) is 48.5 Å². The predicted molar refractivity (Wildman–Crippen MR) is 379 cm³/mol. The monoisotopic (exact) mass is 1290 g/mol. The van der Waals surface area contributed by atoms with E-state index in [0.717, 1.165) is 89.4 Å². The lowest BCUT2D eigenvalue weighted by atomic mass is 10.0. The maximum absolute atomic E-state index is 5.93. The highest BCUT2D eigenvalue weighted by Gasteiger charge is 2.28. The van der Waals surface area contributed by atoms with Gasteiger partial charge in [0.1, 0.15) is 0 Å². The van der Waals surface area contributed by atoms with Crippen molar-refractivity contribution in [2.45, 2.75) is 0 Å². The Morgan fingerprint density at radius 3 is 0.655 bits per heavy atom. The molecule has 16 heteroatoms. The minimum Gasteiger partial charge on any atom is -0.354 e. The Balaban J connectivity index is 1.04. The molecule has 0 spiro atoms. The van der Waals surface area contributed by atoms with Crippen molar-refractivity contribution in [3.8, 4) is 123 Å². The van der Waals surface area contributed by atoms with Gasteiger partial charge in [0.05, 0.1) is 42.3 Å². The quantitative estimate of drug-likeness (QED) is 0.128. The van der Waals surface area contributed by atoms with Crippen LogP contribution in [-0.2, 0) is 0 Å². The van der Waals surface area contributed by atoms with Crippen LogP contribution in [0.5, 0.6) is 0 Å². The molecule has 0 radical (unpaired) electrons. The molecule has 402 valence electrons. The topological polar surface area (TPSA) is 57.4 Å². The predicted octanol–water partition coefficient (Wildman–Crippen LogP) is 25.4. The lowest BCUT2D eigenvalue weighted by Crippen LogP contribution is -1.90. The summed E-state index contributed by atoms with van der Waals surface area (Å²) in [5.74, 6) is 0. The smallest absolute Gasteiger partial charge is 0.0737 e. The van der Waals surface area contributed by atoms with Crippen LogP contribution in [0.1, 0.15) is 22.8 Å². The largest absolute Gasteiger partial charge is 0.354 e. The van der Waals surface area contributed by atoms with Crippen molar-refractivity contribution in [3.63, 3.8) is 0 Å². The van der Waals surface area contributed by atoms with E-state index in [4.69, 9.17) is 9.97 Å². The van der Waals surface area contributed by atoms with E-state index in [0.29, 0.717) is 0 Å². The fourth-order valence-corrected chi connectivity index (χ4v) is 22.6. The summed E-state index contributed by atoms with van der Waals surface area (Å²) in [6.45, 7) is 0. The molecule has 4 nitrogen and oxygen atoms in total. The molecule has 2 N–H and O–H groups in total. The van der Waals surface area contributed by atoms with Crippen molar-refractivity contribution >= 4 is 182 Å². The molecule has 17 rings (SSSR count). The molecule has 0 saturated carbocycles. The van der Waals surface area contributed by atoms with Crippen molar-refractivity contribution in [2.24, 2.45) is 0 Å². The number of fused-ring (bicyclic) bond motifs is 8. The van der Waals surface area contributed by atoms with Crippen LogP contribution in [0.25, 0.3) is 169 Å². The molecule has 0 aromatic carbocycles. The standard InChI is InChI=1S/C68H38N4S12/c1-9-49(73-25-1)57-33-37(65(81-57)53-13-5-29-77-53)61-41-17-19-43(69-41)62(38-34-58(50-10-2-26-74-50)82-66(38)54-14-6-30-78-54)45-21-23-47(71-45)64(40-36-60(52-12-4-28-76-52)84-68(40)56-16-8-32-80-56)48-24-22-46(72-48)63(44-20-18-42(61)70-44)39-35-59(51-11-3-27-75-51)83-67(39)55-15-7-31-79-55/h1-36,69,72H. The molecule has 0 atom stereocenters. The SMILES string of the molecule is C1=Cc2nc1c(-c1cc(-c3cccs3)sc1-c1cccs1)c1ccc([nH]1)c(-c1cc(-c3cccs3)sc1-c1cccs1)c1nc(c(-c3cc(-c4cccs4)sc3-c3cccs3)c3ccc([nH]3)c2-c2cc(-c3cccs3)sc2-c2cccs2)C=C1. The number of aromatic amines is 2. The second-order valence-corrected chi connectivity index (χ2v) is 31.5. The van der Waals surface area contributed by atoms with Gasteiger partial charge in [0.25, 0.3) is 0 Å². The van der Waals surface area contributed by atoms with Crippen LogP contribution in [0.15, 0.2) is 189 Å². The molecule has 2 aliphatic heterocycles. The number of H-pyrrole nitrogens is 2. The summed E-state index contributed by atoms with van der Waals surface area (Å²) in [6, 6.07) is 54.0. The van der Waals surface area contributed by atoms with Gasteiger partial charge in [0.15, 0.2) is 0 Å². The fourth-order valence-electron chi connectivity index (χ4n) is 11.2. The molecule has 15 aromatic rings. The van der Waals surface area contributed by atoms with E-state index in [-0.39, 0.29) is 0 Å². The van der Waals surface area contributed by atoms with Crippen LogP contribution in [0.3, 0.4) is 0 Å². The lowest BCUT2D eigenvalue weighted by molar-refractivity contribution is 1.31. The van der Waals surface area contributed by atoms with Gasteiger partial charge in [0, 0.05) is 125 Å². The second-order valence-electron chi connectivity index (χ2n) is 19.7. The average Bonchev–Trinajstić information content (AvgIpc) is 3.37. The number of hydrogen-bond donors (Lipinski definition) is 2. The number of aromatic nitrogens is 4. The van der Waals surface area contributed by atoms with E-state index in [1.807, 2.05) is 45.3 Å². The molecule has 0 unspecified atom stereocenters. The Morgan fingerprint density at radius 2 is 0.452 bits per heavy atom. The molecule has 0 amide bonds. The Morgan fingerprint density at radius 1 is 0.238 bits per heavy atom. The maximum Gasteiger partial charge on any atom is 0.0737 e. The highest BCUT2D eigenvalue weighted by molar-refractivity contribution is 7.28. The molecule has 2 aliphatic rings. The third-order valence-electron chi connectivity index (χ3n) is 14.8. The van der Waals surface area contributed by atoms with Crippen molar-refractivity contribution in [1.82, 2.24) is 19.9 Å². The van der Waals surface area contributed by atoms with Gasteiger partial charge in [-0.15, -0.1) is 136 Å². The highest BCUT2D eigenvalue weighted by atomic mass is 32.1. The minimum atomic E-state index is 0.895. The molecule has 8 bridgehead atoms. The molecular weight excluding hydrogens is 1260 g/mol. The van der Waals surface area contributed by atoms with Crippen molar-refractivity contribution in [2.75, 3.05) is 0 Å². The van der Waals surface area contributed by atoms with E-state index >= 15 is 0 Å². The maximum atomic E-state index is 5.93. The van der Waals surface area contributed by atoms with Crippen molar-refractivity contribution in [1.29, 1.82) is 0 Å². The average molecular weight is 1300 g/mol. The third kappa shape index (κ3) is 9.05. The first-order chi connectivity index (χ1) is 41.6. The molecule has 15 aromatic heterocycles. The zero-order valence-corrected chi connectivity index (χ0v) is 53.4. The molecule has 17 heterocycles. The van der Waals surface area contributed by atoms with Gasteiger partial charge in [-0.2, -0.15) is 0 Å². The number of nitrogens with one attached hydrogen (secondary N) is 2. The summed E-state index contributed by atoms with van der Waals surface area (Å²) < 4.78 is 0. The van der Waals surface area contributed by atoms with Crippen LogP contribution in [0, 0.1) is 0 Å². The van der Waals surface area contributed by atoms with Gasteiger partial charge >= 0.3 is 0 Å². The normalized spacial score (nSPS) is 12.2. The fraction of sp³-hybridized carbons (Fsp3) is 0. The van der Waals surface area contributed by atoms with Gasteiger partial charge in [0.2, 0.25) is 0 Å². The first-order valence-corrected chi connectivity index (χ1v) is 36.9. The Bertz CT molecular complexity index is 4460. The van der Waals surface area contributed by atoms with Gasteiger partial charge in [-0.3, -0.25) is 0 Å². The van der Waals surface area contributed by atoms with Crippen molar-refractivity contribution < 1.29 is 0 Å². The zero-order valence-electron chi connectivity index (χ0n) is 43.6. The van der Waals surface area contributed by atoms with Crippen LogP contribution >= 0.6 is 136 Å². The first kappa shape index (κ1) is 51.4. The number of hydrogen-bond acceptors (Lipinski definition) is 14. The van der Waals surface area contributed by atoms with E-state index in [1.54, 1.807) is 90.7 Å². The molecular formula is C68H38N4S12. The lowest BCUT2D eigenvalue weighted by Gasteiger charge is -2.08. The Hall–Kier alpha value is -7.00. The summed E-state index contributed by atoms with van der Waals surface area (Å²) in [5, 5.41) is 17.5.